The average Bonchev–Trinajstić information content (AvgIpc) is 3.62. The Morgan fingerprint density at radius 1 is 1.07 bits per heavy atom. The van der Waals surface area contributed by atoms with Gasteiger partial charge in [0.2, 0.25) is 0 Å². The Morgan fingerprint density at radius 3 is 2.71 bits per heavy atom. The zero-order chi connectivity index (χ0) is 27.4. The van der Waals surface area contributed by atoms with Gasteiger partial charge < -0.3 is 20.3 Å². The summed E-state index contributed by atoms with van der Waals surface area (Å²) in [6.45, 7) is 8.12. The summed E-state index contributed by atoms with van der Waals surface area (Å²) in [6.07, 6.45) is 15.8. The number of ether oxygens (including phenoxy) is 1. The molecule has 7 heterocycles. The van der Waals surface area contributed by atoms with Crippen LogP contribution < -0.4 is 20.3 Å². The topological polar surface area (TPSA) is 78.4 Å². The van der Waals surface area contributed by atoms with Gasteiger partial charge >= 0.3 is 6.01 Å². The van der Waals surface area contributed by atoms with E-state index >= 15 is 0 Å². The third kappa shape index (κ3) is 4.38. The molecule has 8 rings (SSSR count). The van der Waals surface area contributed by atoms with Crippen LogP contribution in [0.15, 0.2) is 30.5 Å². The molecule has 0 amide bonds. The van der Waals surface area contributed by atoms with Crippen LogP contribution in [0.2, 0.25) is 0 Å². The van der Waals surface area contributed by atoms with Gasteiger partial charge in [-0.15, -0.1) is 0 Å². The van der Waals surface area contributed by atoms with Crippen molar-refractivity contribution in [2.24, 2.45) is 0 Å². The zero-order valence-corrected chi connectivity index (χ0v) is 24.2. The van der Waals surface area contributed by atoms with Crippen molar-refractivity contribution in [2.45, 2.75) is 75.9 Å². The molecule has 214 valence electrons. The zero-order valence-electron chi connectivity index (χ0n) is 24.2. The number of aromatic nitrogens is 3. The fourth-order valence-corrected chi connectivity index (χ4v) is 8.20. The number of fused-ring (bicyclic) bond motifs is 5. The van der Waals surface area contributed by atoms with E-state index in [-0.39, 0.29) is 5.54 Å². The van der Waals surface area contributed by atoms with Gasteiger partial charge in [-0.3, -0.25) is 9.88 Å². The summed E-state index contributed by atoms with van der Waals surface area (Å²) in [5.74, 6) is 0.984. The van der Waals surface area contributed by atoms with E-state index in [1.54, 1.807) is 0 Å². The Kier molecular flexibility index (Phi) is 6.37. The van der Waals surface area contributed by atoms with Crippen molar-refractivity contribution in [2.75, 3.05) is 49.5 Å². The van der Waals surface area contributed by atoms with Crippen LogP contribution in [0.5, 0.6) is 6.01 Å². The van der Waals surface area contributed by atoms with Crippen LogP contribution in [0.4, 0.5) is 11.5 Å². The molecule has 4 saturated heterocycles. The minimum Gasteiger partial charge on any atom is -0.461 e. The third-order valence-corrected chi connectivity index (χ3v) is 10.2. The van der Waals surface area contributed by atoms with Gasteiger partial charge in [0.1, 0.15) is 12.4 Å². The van der Waals surface area contributed by atoms with Crippen molar-refractivity contribution in [1.82, 2.24) is 25.2 Å². The first-order valence-corrected chi connectivity index (χ1v) is 15.8. The molecule has 0 spiro atoms. The van der Waals surface area contributed by atoms with E-state index in [2.05, 4.69) is 57.7 Å². The minimum atomic E-state index is 0.157. The number of anilines is 2. The summed E-state index contributed by atoms with van der Waals surface area (Å²) in [4.78, 5) is 20.6. The largest absolute Gasteiger partial charge is 0.461 e. The van der Waals surface area contributed by atoms with E-state index in [0.29, 0.717) is 24.7 Å². The lowest BCUT2D eigenvalue weighted by molar-refractivity contribution is 0.108. The molecule has 2 N–H and O–H groups in total. The molecule has 2 aromatic heterocycles. The molecule has 5 aliphatic rings. The summed E-state index contributed by atoms with van der Waals surface area (Å²) in [5, 5.41) is 8.49. The molecule has 1 aromatic carbocycles. The molecule has 0 radical (unpaired) electrons. The van der Waals surface area contributed by atoms with Crippen LogP contribution in [0.25, 0.3) is 28.2 Å². The number of rotatable bonds is 6. The van der Waals surface area contributed by atoms with Gasteiger partial charge in [-0.05, 0) is 70.0 Å². The quantitative estimate of drug-likeness (QED) is 0.442. The predicted molar refractivity (Wildman–Crippen MR) is 165 cm³/mol. The van der Waals surface area contributed by atoms with Crippen molar-refractivity contribution < 1.29 is 4.74 Å². The molecule has 2 unspecified atom stereocenters. The first kappa shape index (κ1) is 25.5. The maximum Gasteiger partial charge on any atom is 0.319 e. The number of pyridine rings is 1. The number of nitrogens with zero attached hydrogens (tertiary/aromatic N) is 5. The molecule has 8 heteroatoms. The van der Waals surface area contributed by atoms with Gasteiger partial charge in [0.25, 0.3) is 0 Å². The highest BCUT2D eigenvalue weighted by Gasteiger charge is 2.45. The Hall–Kier alpha value is -3.23. The molecular formula is C33H41N7O. The highest BCUT2D eigenvalue weighted by atomic mass is 16.5. The summed E-state index contributed by atoms with van der Waals surface area (Å²) < 4.78 is 6.61. The standard InChI is InChI=1S/C33H41N7O/c1-2-25-29(26-10-5-9-22-8-3-4-15-34-28(22)26)35-18-27-30(25)37-32(41-21-33-13-6-16-40(33)17-7-14-33)38-31(27)39-19-23-11-12-24(20-39)36-23/h3,5,8-10,18,23-24,34,36H,2,4,6-7,11-17,19-21H2,1H3. The van der Waals surface area contributed by atoms with E-state index in [4.69, 9.17) is 19.7 Å². The molecular weight excluding hydrogens is 510 g/mol. The maximum atomic E-state index is 6.61. The van der Waals surface area contributed by atoms with Gasteiger partial charge in [-0.1, -0.05) is 37.3 Å². The molecule has 3 aromatic rings. The van der Waals surface area contributed by atoms with Crippen LogP contribution in [0, 0.1) is 0 Å². The van der Waals surface area contributed by atoms with Crippen LogP contribution in [0.3, 0.4) is 0 Å². The minimum absolute atomic E-state index is 0.157. The Morgan fingerprint density at radius 2 is 1.90 bits per heavy atom. The summed E-state index contributed by atoms with van der Waals surface area (Å²) in [6, 6.07) is 8.07. The second-order valence-corrected chi connectivity index (χ2v) is 12.7. The molecule has 5 aliphatic heterocycles. The SMILES string of the molecule is CCc1c(-c2cccc3c2NCCC=C3)ncc2c(N3CC4CCC(C3)N4)nc(OCC34CCCN3CCC4)nc12. The average molecular weight is 552 g/mol. The lowest BCUT2D eigenvalue weighted by atomic mass is 9.95. The Balaban J connectivity index is 1.25. The maximum absolute atomic E-state index is 6.61. The number of para-hydroxylation sites is 1. The van der Waals surface area contributed by atoms with E-state index in [0.717, 1.165) is 66.1 Å². The first-order chi connectivity index (χ1) is 20.2. The molecule has 2 bridgehead atoms. The predicted octanol–water partition coefficient (Wildman–Crippen LogP) is 5.03. The normalized spacial score (nSPS) is 24.8. The molecule has 4 fully saturated rings. The van der Waals surface area contributed by atoms with Gasteiger partial charge in [-0.2, -0.15) is 9.97 Å². The second-order valence-electron chi connectivity index (χ2n) is 12.7. The Bertz CT molecular complexity index is 1480. The Labute approximate surface area is 242 Å². The van der Waals surface area contributed by atoms with E-state index in [1.807, 2.05) is 6.20 Å². The van der Waals surface area contributed by atoms with Crippen molar-refractivity contribution in [3.8, 4) is 17.3 Å². The van der Waals surface area contributed by atoms with Crippen molar-refractivity contribution >= 4 is 28.5 Å². The first-order valence-electron chi connectivity index (χ1n) is 15.8. The summed E-state index contributed by atoms with van der Waals surface area (Å²) in [7, 11) is 0. The smallest absolute Gasteiger partial charge is 0.319 e. The van der Waals surface area contributed by atoms with Crippen LogP contribution in [-0.2, 0) is 6.42 Å². The number of nitrogens with one attached hydrogen (secondary N) is 2. The molecule has 8 nitrogen and oxygen atoms in total. The number of aryl methyl sites for hydroxylation is 1. The summed E-state index contributed by atoms with van der Waals surface area (Å²) >= 11 is 0. The van der Waals surface area contributed by atoms with Gasteiger partial charge in [-0.25, -0.2) is 0 Å². The number of hydrogen-bond acceptors (Lipinski definition) is 8. The number of hydrogen-bond donors (Lipinski definition) is 2. The van der Waals surface area contributed by atoms with Gasteiger partial charge in [0.15, 0.2) is 0 Å². The summed E-state index contributed by atoms with van der Waals surface area (Å²) in [5.41, 5.74) is 6.83. The number of piperazine rings is 1. The van der Waals surface area contributed by atoms with Crippen LogP contribution >= 0.6 is 0 Å². The molecule has 41 heavy (non-hydrogen) atoms. The van der Waals surface area contributed by atoms with Crippen molar-refractivity contribution in [1.29, 1.82) is 0 Å². The lowest BCUT2D eigenvalue weighted by Gasteiger charge is -2.35. The molecule has 0 aliphatic carbocycles. The van der Waals surface area contributed by atoms with E-state index in [1.165, 1.54) is 62.7 Å². The van der Waals surface area contributed by atoms with Gasteiger partial charge in [0, 0.05) is 49.0 Å². The van der Waals surface area contributed by atoms with Gasteiger partial charge in [0.05, 0.1) is 27.8 Å². The monoisotopic (exact) mass is 551 g/mol. The molecule has 2 atom stereocenters. The fourth-order valence-electron chi connectivity index (χ4n) is 8.20. The van der Waals surface area contributed by atoms with Crippen LogP contribution in [-0.4, -0.2) is 76.8 Å². The fraction of sp³-hybridized carbons (Fsp3) is 0.545. The van der Waals surface area contributed by atoms with Crippen molar-refractivity contribution in [3.05, 3.63) is 41.6 Å². The van der Waals surface area contributed by atoms with Crippen molar-refractivity contribution in [3.63, 3.8) is 0 Å². The van der Waals surface area contributed by atoms with Crippen LogP contribution in [0.1, 0.15) is 63.0 Å². The van der Waals surface area contributed by atoms with E-state index in [9.17, 15) is 0 Å². The van der Waals surface area contributed by atoms with E-state index < -0.39 is 0 Å². The molecule has 0 saturated carbocycles. The third-order valence-electron chi connectivity index (χ3n) is 10.2. The second kappa shape index (κ2) is 10.2. The highest BCUT2D eigenvalue weighted by molar-refractivity contribution is 5.96. The number of benzene rings is 1. The highest BCUT2D eigenvalue weighted by Crippen LogP contribution is 2.41. The lowest BCUT2D eigenvalue weighted by Crippen LogP contribution is -2.51.